The van der Waals surface area contributed by atoms with Gasteiger partial charge in [-0.3, -0.25) is 4.55 Å². The third kappa shape index (κ3) is 9.38. The number of aromatic nitrogens is 2. The summed E-state index contributed by atoms with van der Waals surface area (Å²) >= 11 is 1.29. The van der Waals surface area contributed by atoms with Gasteiger partial charge in [0.2, 0.25) is 5.13 Å². The summed E-state index contributed by atoms with van der Waals surface area (Å²) in [5.41, 5.74) is -1.26. The molecule has 22 heteroatoms. The smallest absolute Gasteiger partial charge is 0.568 e. The third-order valence-corrected chi connectivity index (χ3v) is 10.9. The van der Waals surface area contributed by atoms with Crippen molar-refractivity contribution in [1.29, 1.82) is 0 Å². The first-order valence-electron chi connectivity index (χ1n) is 16.4. The second kappa shape index (κ2) is 16.9. The van der Waals surface area contributed by atoms with Crippen molar-refractivity contribution < 1.29 is 56.0 Å². The molecule has 1 N–H and O–H groups in total. The molecule has 0 unspecified atom stereocenters. The molecule has 0 saturated heterocycles. The summed E-state index contributed by atoms with van der Waals surface area (Å²) in [4.78, 5) is 11.3. The molecule has 8 rings (SSSR count). The number of alkyl halides is 3. The molecule has 0 bridgehead atoms. The summed E-state index contributed by atoms with van der Waals surface area (Å²) in [6.07, 6.45) is 5.47. The Kier molecular flexibility index (Phi) is 12.2. The summed E-state index contributed by atoms with van der Waals surface area (Å²) in [5, 5.41) is 17.6. The van der Waals surface area contributed by atoms with E-state index < -0.39 is 31.3 Å². The van der Waals surface area contributed by atoms with Crippen LogP contribution in [0, 0.1) is 0 Å². The topological polar surface area (TPSA) is 197 Å². The molecule has 15 nitrogen and oxygen atoms in total. The maximum atomic E-state index is 12.9. The van der Waals surface area contributed by atoms with Gasteiger partial charge in [0, 0.05) is 47.4 Å². The average molecular weight is 886 g/mol. The van der Waals surface area contributed by atoms with Crippen LogP contribution in [0.25, 0.3) is 4.72 Å². The Morgan fingerprint density at radius 2 is 1.33 bits per heavy atom. The Bertz CT molecular complexity index is 2620. The molecule has 0 radical (unpaired) electrons. The maximum Gasteiger partial charge on any atom is 1.00 e. The van der Waals surface area contributed by atoms with Gasteiger partial charge < -0.3 is 18.9 Å². The van der Waals surface area contributed by atoms with Gasteiger partial charge in [-0.2, -0.15) is 26.6 Å². The SMILES string of the molecule is O=S(=O)(O)c1cc2c(cc1N=Nc1nccs1)CCN2c1ccccc1.O=S(=O)([N-]c1cc2c(cc1N=Nc1ncco1)CCN2c1ccccc1)C(F)(F)F.[Cu+]. The Morgan fingerprint density at radius 3 is 1.86 bits per heavy atom. The third-order valence-electron chi connectivity index (χ3n) is 8.38. The molecule has 0 atom stereocenters. The Hall–Kier alpha value is -5.51. The molecule has 0 amide bonds. The van der Waals surface area contributed by atoms with Crippen LogP contribution in [0.3, 0.4) is 0 Å². The fourth-order valence-corrected chi connectivity index (χ4v) is 7.50. The molecule has 6 aromatic rings. The van der Waals surface area contributed by atoms with E-state index in [0.29, 0.717) is 23.8 Å². The molecule has 4 aromatic carbocycles. The Morgan fingerprint density at radius 1 is 0.754 bits per heavy atom. The first-order chi connectivity index (χ1) is 26.8. The van der Waals surface area contributed by atoms with Crippen molar-refractivity contribution in [3.05, 3.63) is 125 Å². The number of benzene rings is 4. The molecule has 2 aromatic heterocycles. The van der Waals surface area contributed by atoms with Crippen LogP contribution in [0.5, 0.6) is 0 Å². The van der Waals surface area contributed by atoms with Gasteiger partial charge in [0.1, 0.15) is 16.8 Å². The number of hydrogen-bond acceptors (Lipinski definition) is 14. The quantitative estimate of drug-likeness (QED) is 0.0828. The van der Waals surface area contributed by atoms with Gasteiger partial charge in [0.25, 0.3) is 10.1 Å². The average Bonchev–Trinajstić information content (AvgIpc) is 4.01. The van der Waals surface area contributed by atoms with Crippen molar-refractivity contribution in [2.24, 2.45) is 20.5 Å². The minimum atomic E-state index is -5.78. The van der Waals surface area contributed by atoms with Crippen LogP contribution in [-0.4, -0.2) is 50.0 Å². The molecule has 2 aliphatic heterocycles. The number of anilines is 4. The predicted octanol–water partition coefficient (Wildman–Crippen LogP) is 10.1. The predicted molar refractivity (Wildman–Crippen MR) is 202 cm³/mol. The minimum absolute atomic E-state index is 0. The monoisotopic (exact) mass is 885 g/mol. The molecule has 0 saturated carbocycles. The van der Waals surface area contributed by atoms with Crippen LogP contribution in [0.2, 0.25) is 0 Å². The molecule has 0 fully saturated rings. The van der Waals surface area contributed by atoms with E-state index in [9.17, 15) is 34.6 Å². The van der Waals surface area contributed by atoms with Crippen molar-refractivity contribution in [3.63, 3.8) is 0 Å². The number of thiazole rings is 1. The summed E-state index contributed by atoms with van der Waals surface area (Å²) in [6, 6.07) is 24.6. The van der Waals surface area contributed by atoms with E-state index in [1.54, 1.807) is 17.6 Å². The normalized spacial score (nSPS) is 14.0. The van der Waals surface area contributed by atoms with E-state index in [1.165, 1.54) is 42.0 Å². The molecule has 0 spiro atoms. The molecule has 57 heavy (non-hydrogen) atoms. The van der Waals surface area contributed by atoms with E-state index >= 15 is 0 Å². The number of rotatable bonds is 9. The zero-order valence-corrected chi connectivity index (χ0v) is 32.3. The van der Waals surface area contributed by atoms with Crippen LogP contribution < -0.4 is 9.80 Å². The number of azo groups is 2. The van der Waals surface area contributed by atoms with Crippen molar-refractivity contribution in [2.75, 3.05) is 22.9 Å². The van der Waals surface area contributed by atoms with Gasteiger partial charge in [0.05, 0.1) is 11.9 Å². The maximum absolute atomic E-state index is 12.9. The number of sulfonamides is 1. The summed E-state index contributed by atoms with van der Waals surface area (Å²) in [7, 11) is -10.2. The summed E-state index contributed by atoms with van der Waals surface area (Å²) in [5.74, 6) is 0. The number of oxazole rings is 1. The largest absolute Gasteiger partial charge is 1.00 e. The summed E-state index contributed by atoms with van der Waals surface area (Å²) in [6.45, 7) is 1.28. The molecule has 298 valence electrons. The van der Waals surface area contributed by atoms with Gasteiger partial charge >= 0.3 is 28.6 Å². The Balaban J connectivity index is 0.000000191. The fourth-order valence-electron chi connectivity index (χ4n) is 5.91. The minimum Gasteiger partial charge on any atom is -0.568 e. The molecular weight excluding hydrogens is 859 g/mol. The Labute approximate surface area is 338 Å². The van der Waals surface area contributed by atoms with Crippen LogP contribution in [-0.2, 0) is 50.1 Å². The van der Waals surface area contributed by atoms with Crippen LogP contribution in [0.15, 0.2) is 139 Å². The van der Waals surface area contributed by atoms with Crippen molar-refractivity contribution in [3.8, 4) is 0 Å². The second-order valence-corrected chi connectivity index (χ2v) is 15.8. The number of hydrogen-bond donors (Lipinski definition) is 1. The van der Waals surface area contributed by atoms with E-state index in [1.807, 2.05) is 70.5 Å². The van der Waals surface area contributed by atoms with Crippen LogP contribution >= 0.6 is 11.3 Å². The molecule has 4 heterocycles. The first kappa shape index (κ1) is 41.1. The van der Waals surface area contributed by atoms with E-state index in [4.69, 9.17) is 4.42 Å². The van der Waals surface area contributed by atoms with Gasteiger partial charge in [-0.25, -0.2) is 13.4 Å². The number of fused-ring (bicyclic) bond motifs is 2. The number of nitrogens with zero attached hydrogens (tertiary/aromatic N) is 9. The standard InChI is InChI=1S/C18H13F3N5O3S.C17H14N4O3S2.Cu/c19-18(20,21)30(27,28)25-15-11-16-12(6-8-26(16)13-4-2-1-3-5-13)10-14(15)23-24-17-22-7-9-29-17;22-26(23,24)16-11-15-12(6-8-21(15)13-4-2-1-3-5-13)10-14(16)19-20-17-18-7-9-25-17;/h1-5,7,9-11H,6,8H2;1-5,7,9-11H,6,8H2,(H,22,23,24);/q-1;;+1. The van der Waals surface area contributed by atoms with Gasteiger partial charge in [-0.1, -0.05) is 53.3 Å². The van der Waals surface area contributed by atoms with Crippen LogP contribution in [0.1, 0.15) is 11.1 Å². The fraction of sp³-hybridized carbons (Fsp3) is 0.143. The van der Waals surface area contributed by atoms with Crippen molar-refractivity contribution >= 4 is 82.4 Å². The molecule has 2 aliphatic rings. The van der Waals surface area contributed by atoms with Crippen LogP contribution in [0.4, 0.5) is 64.1 Å². The van der Waals surface area contributed by atoms with Gasteiger partial charge in [0.15, 0.2) is 10.0 Å². The van der Waals surface area contributed by atoms with Crippen molar-refractivity contribution in [2.45, 2.75) is 23.2 Å². The second-order valence-electron chi connectivity index (χ2n) is 11.9. The molecule has 0 aliphatic carbocycles. The summed E-state index contributed by atoms with van der Waals surface area (Å²) < 4.78 is 103. The van der Waals surface area contributed by atoms with E-state index in [0.717, 1.165) is 41.2 Å². The van der Waals surface area contributed by atoms with Gasteiger partial charge in [-0.05, 0) is 66.4 Å². The van der Waals surface area contributed by atoms with E-state index in [2.05, 4.69) is 35.1 Å². The zero-order valence-electron chi connectivity index (χ0n) is 28.9. The molecular formula is C35H27CuF3N9O6S3. The first-order valence-corrected chi connectivity index (χ1v) is 20.2. The van der Waals surface area contributed by atoms with E-state index in [-0.39, 0.29) is 39.4 Å². The zero-order chi connectivity index (χ0) is 39.5. The number of halogens is 3. The van der Waals surface area contributed by atoms with Crippen molar-refractivity contribution in [1.82, 2.24) is 9.97 Å². The number of para-hydroxylation sites is 2. The van der Waals surface area contributed by atoms with Gasteiger partial charge in [-0.15, -0.1) is 26.7 Å².